The molecule has 2 aromatic rings. The Morgan fingerprint density at radius 3 is 2.81 bits per heavy atom. The number of amides is 1. The Kier molecular flexibility index (Phi) is 4.74. The molecule has 0 spiro atoms. The Morgan fingerprint density at radius 1 is 1.48 bits per heavy atom. The zero-order valence-electron chi connectivity index (χ0n) is 11.9. The normalized spacial score (nSPS) is 10.6. The van der Waals surface area contributed by atoms with E-state index in [1.807, 2.05) is 23.9 Å². The molecule has 2 N–H and O–H groups in total. The number of rotatable bonds is 6. The highest BCUT2D eigenvalue weighted by molar-refractivity contribution is 7.16. The minimum Gasteiger partial charge on any atom is -0.477 e. The quantitative estimate of drug-likeness (QED) is 0.854. The van der Waals surface area contributed by atoms with Gasteiger partial charge in [-0.15, -0.1) is 11.3 Å². The Labute approximate surface area is 126 Å². The number of hydrogen-bond acceptors (Lipinski definition) is 4. The SMILES string of the molecule is CCn1ccc(CCNC(=O)c2cc(C)c(C(=O)O)s2)n1. The zero-order chi connectivity index (χ0) is 15.4. The van der Waals surface area contributed by atoms with Crippen molar-refractivity contribution >= 4 is 23.2 Å². The molecule has 0 radical (unpaired) electrons. The fourth-order valence-corrected chi connectivity index (χ4v) is 2.84. The summed E-state index contributed by atoms with van der Waals surface area (Å²) >= 11 is 0.998. The van der Waals surface area contributed by atoms with Crippen LogP contribution >= 0.6 is 11.3 Å². The first-order chi connectivity index (χ1) is 10.0. The molecule has 2 aromatic heterocycles. The monoisotopic (exact) mass is 307 g/mol. The molecular weight excluding hydrogens is 290 g/mol. The van der Waals surface area contributed by atoms with Crippen LogP contribution in [0.15, 0.2) is 18.3 Å². The van der Waals surface area contributed by atoms with Crippen molar-refractivity contribution in [3.8, 4) is 0 Å². The van der Waals surface area contributed by atoms with E-state index in [0.29, 0.717) is 23.4 Å². The van der Waals surface area contributed by atoms with E-state index >= 15 is 0 Å². The van der Waals surface area contributed by atoms with Gasteiger partial charge in [0.15, 0.2) is 0 Å². The predicted octanol–water partition coefficient (Wildman–Crippen LogP) is 1.94. The second-order valence-corrected chi connectivity index (χ2v) is 5.65. The van der Waals surface area contributed by atoms with Crippen LogP contribution in [0.2, 0.25) is 0 Å². The van der Waals surface area contributed by atoms with Gasteiger partial charge >= 0.3 is 5.97 Å². The van der Waals surface area contributed by atoms with Gasteiger partial charge in [-0.25, -0.2) is 4.79 Å². The molecule has 0 aliphatic carbocycles. The first-order valence-corrected chi connectivity index (χ1v) is 7.47. The van der Waals surface area contributed by atoms with Crippen molar-refractivity contribution in [2.24, 2.45) is 0 Å². The highest BCUT2D eigenvalue weighted by Gasteiger charge is 2.16. The van der Waals surface area contributed by atoms with Crippen LogP contribution in [0.25, 0.3) is 0 Å². The molecule has 112 valence electrons. The van der Waals surface area contributed by atoms with Crippen LogP contribution in [0.1, 0.15) is 37.5 Å². The van der Waals surface area contributed by atoms with Crippen LogP contribution < -0.4 is 5.32 Å². The summed E-state index contributed by atoms with van der Waals surface area (Å²) in [7, 11) is 0. The lowest BCUT2D eigenvalue weighted by atomic mass is 10.2. The van der Waals surface area contributed by atoms with Crippen LogP contribution in [0.5, 0.6) is 0 Å². The Hall–Kier alpha value is -2.15. The number of carboxylic acid groups (broad SMARTS) is 1. The molecule has 0 aliphatic rings. The molecule has 21 heavy (non-hydrogen) atoms. The zero-order valence-corrected chi connectivity index (χ0v) is 12.7. The van der Waals surface area contributed by atoms with Crippen molar-refractivity contribution in [2.75, 3.05) is 6.54 Å². The van der Waals surface area contributed by atoms with Crippen LogP contribution in [0.3, 0.4) is 0 Å². The van der Waals surface area contributed by atoms with Crippen molar-refractivity contribution in [3.05, 3.63) is 39.3 Å². The lowest BCUT2D eigenvalue weighted by Gasteiger charge is -2.01. The number of aromatic nitrogens is 2. The van der Waals surface area contributed by atoms with E-state index in [2.05, 4.69) is 10.4 Å². The van der Waals surface area contributed by atoms with E-state index in [-0.39, 0.29) is 10.8 Å². The van der Waals surface area contributed by atoms with E-state index in [0.717, 1.165) is 23.6 Å². The summed E-state index contributed by atoms with van der Waals surface area (Å²) in [6, 6.07) is 3.53. The molecule has 0 aromatic carbocycles. The van der Waals surface area contributed by atoms with Crippen molar-refractivity contribution in [3.63, 3.8) is 0 Å². The number of carbonyl (C=O) groups is 2. The topological polar surface area (TPSA) is 84.2 Å². The van der Waals surface area contributed by atoms with Gasteiger partial charge in [0.1, 0.15) is 4.88 Å². The van der Waals surface area contributed by atoms with E-state index < -0.39 is 5.97 Å². The second kappa shape index (κ2) is 6.53. The van der Waals surface area contributed by atoms with Gasteiger partial charge in [0, 0.05) is 25.7 Å². The Balaban J connectivity index is 1.89. The maximum absolute atomic E-state index is 12.0. The van der Waals surface area contributed by atoms with E-state index in [1.165, 1.54) is 0 Å². The van der Waals surface area contributed by atoms with Crippen LogP contribution in [-0.4, -0.2) is 33.3 Å². The third-order valence-corrected chi connectivity index (χ3v) is 4.25. The molecule has 1 amide bonds. The highest BCUT2D eigenvalue weighted by Crippen LogP contribution is 2.21. The lowest BCUT2D eigenvalue weighted by molar-refractivity contribution is 0.0701. The summed E-state index contributed by atoms with van der Waals surface area (Å²) in [4.78, 5) is 23.6. The summed E-state index contributed by atoms with van der Waals surface area (Å²) in [6.45, 7) is 4.99. The number of aryl methyl sites for hydroxylation is 2. The van der Waals surface area contributed by atoms with Gasteiger partial charge in [-0.2, -0.15) is 5.10 Å². The minimum absolute atomic E-state index is 0.210. The number of hydrogen-bond donors (Lipinski definition) is 2. The third-order valence-electron chi connectivity index (χ3n) is 3.02. The van der Waals surface area contributed by atoms with Gasteiger partial charge in [0.05, 0.1) is 10.6 Å². The molecule has 6 nitrogen and oxygen atoms in total. The van der Waals surface area contributed by atoms with Gasteiger partial charge in [0.25, 0.3) is 5.91 Å². The molecule has 0 unspecified atom stereocenters. The summed E-state index contributed by atoms with van der Waals surface area (Å²) in [5, 5.41) is 16.1. The summed E-state index contributed by atoms with van der Waals surface area (Å²) in [6.07, 6.45) is 2.55. The molecular formula is C14H17N3O3S. The average Bonchev–Trinajstić information content (AvgIpc) is 3.05. The van der Waals surface area contributed by atoms with Gasteiger partial charge in [-0.3, -0.25) is 9.48 Å². The molecule has 2 heterocycles. The Morgan fingerprint density at radius 2 is 2.24 bits per heavy atom. The van der Waals surface area contributed by atoms with Crippen LogP contribution in [0, 0.1) is 6.92 Å². The molecule has 0 saturated carbocycles. The van der Waals surface area contributed by atoms with E-state index in [4.69, 9.17) is 5.11 Å². The maximum Gasteiger partial charge on any atom is 0.346 e. The largest absolute Gasteiger partial charge is 0.477 e. The third kappa shape index (κ3) is 3.69. The molecule has 0 saturated heterocycles. The molecule has 7 heteroatoms. The number of aromatic carboxylic acids is 1. The van der Waals surface area contributed by atoms with Crippen molar-refractivity contribution in [1.82, 2.24) is 15.1 Å². The molecule has 2 rings (SSSR count). The highest BCUT2D eigenvalue weighted by atomic mass is 32.1. The minimum atomic E-state index is -0.998. The van der Waals surface area contributed by atoms with Crippen LogP contribution in [-0.2, 0) is 13.0 Å². The fraction of sp³-hybridized carbons (Fsp3) is 0.357. The average molecular weight is 307 g/mol. The van der Waals surface area contributed by atoms with E-state index in [1.54, 1.807) is 13.0 Å². The fourth-order valence-electron chi connectivity index (χ4n) is 1.91. The molecule has 0 atom stereocenters. The van der Waals surface area contributed by atoms with Crippen molar-refractivity contribution in [1.29, 1.82) is 0 Å². The van der Waals surface area contributed by atoms with Crippen molar-refractivity contribution in [2.45, 2.75) is 26.8 Å². The smallest absolute Gasteiger partial charge is 0.346 e. The van der Waals surface area contributed by atoms with Gasteiger partial charge in [-0.1, -0.05) is 0 Å². The summed E-state index contributed by atoms with van der Waals surface area (Å²) in [5.74, 6) is -1.24. The maximum atomic E-state index is 12.0. The standard InChI is InChI=1S/C14H17N3O3S/c1-3-17-7-5-10(16-17)4-6-15-13(18)11-8-9(2)12(21-11)14(19)20/h5,7-8H,3-4,6H2,1-2H3,(H,15,18)(H,19,20). The van der Waals surface area contributed by atoms with Gasteiger partial charge in [0.2, 0.25) is 0 Å². The molecule has 0 fully saturated rings. The van der Waals surface area contributed by atoms with Gasteiger partial charge in [-0.05, 0) is 31.5 Å². The van der Waals surface area contributed by atoms with Crippen molar-refractivity contribution < 1.29 is 14.7 Å². The predicted molar refractivity (Wildman–Crippen MR) is 80.0 cm³/mol. The summed E-state index contributed by atoms with van der Waals surface area (Å²) < 4.78 is 1.83. The van der Waals surface area contributed by atoms with E-state index in [9.17, 15) is 9.59 Å². The summed E-state index contributed by atoms with van der Waals surface area (Å²) in [5.41, 5.74) is 1.53. The number of carbonyl (C=O) groups excluding carboxylic acids is 1. The number of thiophene rings is 1. The molecule has 0 bridgehead atoms. The number of nitrogens with zero attached hydrogens (tertiary/aromatic N) is 2. The van der Waals surface area contributed by atoms with Gasteiger partial charge < -0.3 is 10.4 Å². The first-order valence-electron chi connectivity index (χ1n) is 6.65. The Bertz CT molecular complexity index is 660. The number of nitrogens with one attached hydrogen (secondary N) is 1. The molecule has 0 aliphatic heterocycles. The lowest BCUT2D eigenvalue weighted by Crippen LogP contribution is -2.25. The second-order valence-electron chi connectivity index (χ2n) is 4.60. The number of carboxylic acids is 1. The van der Waals surface area contributed by atoms with Crippen LogP contribution in [0.4, 0.5) is 0 Å². The first kappa shape index (κ1) is 15.2.